The van der Waals surface area contributed by atoms with Crippen molar-refractivity contribution in [2.45, 2.75) is 32.7 Å². The fraction of sp³-hybridized carbons (Fsp3) is 0.312. The minimum Gasteiger partial charge on any atom is -0.338 e. The van der Waals surface area contributed by atoms with Crippen LogP contribution in [0.5, 0.6) is 0 Å². The summed E-state index contributed by atoms with van der Waals surface area (Å²) in [6.45, 7) is 2.89. The van der Waals surface area contributed by atoms with Gasteiger partial charge in [0.2, 0.25) is 0 Å². The number of aryl methyl sites for hydroxylation is 2. The fourth-order valence-corrected chi connectivity index (χ4v) is 2.80. The molecule has 0 unspecified atom stereocenters. The number of fused-ring (bicyclic) bond motifs is 1. The van der Waals surface area contributed by atoms with E-state index in [1.54, 1.807) is 0 Å². The summed E-state index contributed by atoms with van der Waals surface area (Å²) in [7, 11) is 0. The molecule has 2 heteroatoms. The molecule has 1 aromatic carbocycles. The molecule has 0 aliphatic heterocycles. The standard InChI is InChI=1S/C16H17NO/c1-12-10-14-8-5-9-15(18)16(14)17(12)11-13-6-3-2-4-7-13/h2-4,6-7,10H,5,8-9,11H2,1H3. The summed E-state index contributed by atoms with van der Waals surface area (Å²) in [5, 5.41) is 0. The molecule has 1 aliphatic rings. The molecular formula is C16H17NO. The average Bonchev–Trinajstić information content (AvgIpc) is 2.69. The second kappa shape index (κ2) is 4.45. The molecule has 3 rings (SSSR count). The Morgan fingerprint density at radius 3 is 2.72 bits per heavy atom. The maximum absolute atomic E-state index is 12.1. The van der Waals surface area contributed by atoms with Crippen LogP contribution in [0.3, 0.4) is 0 Å². The maximum atomic E-state index is 12.1. The molecule has 0 spiro atoms. The van der Waals surface area contributed by atoms with Gasteiger partial charge in [0.1, 0.15) is 0 Å². The Bertz CT molecular complexity index is 581. The maximum Gasteiger partial charge on any atom is 0.179 e. The van der Waals surface area contributed by atoms with Crippen molar-refractivity contribution in [3.8, 4) is 0 Å². The molecule has 0 amide bonds. The molecular weight excluding hydrogens is 222 g/mol. The molecule has 18 heavy (non-hydrogen) atoms. The highest BCUT2D eigenvalue weighted by Crippen LogP contribution is 2.25. The second-order valence-electron chi connectivity index (χ2n) is 5.01. The summed E-state index contributed by atoms with van der Waals surface area (Å²) < 4.78 is 2.17. The van der Waals surface area contributed by atoms with Gasteiger partial charge in [-0.05, 0) is 37.0 Å². The molecule has 0 bridgehead atoms. The number of carbonyl (C=O) groups excluding carboxylic acids is 1. The quantitative estimate of drug-likeness (QED) is 0.787. The van der Waals surface area contributed by atoms with E-state index in [1.807, 2.05) is 18.2 Å². The molecule has 1 aromatic heterocycles. The van der Waals surface area contributed by atoms with Crippen LogP contribution in [0.15, 0.2) is 36.4 Å². The zero-order valence-corrected chi connectivity index (χ0v) is 10.6. The van der Waals surface area contributed by atoms with Gasteiger partial charge in [0.15, 0.2) is 5.78 Å². The van der Waals surface area contributed by atoms with E-state index < -0.39 is 0 Å². The fourth-order valence-electron chi connectivity index (χ4n) is 2.80. The highest BCUT2D eigenvalue weighted by molar-refractivity contribution is 5.97. The third-order valence-corrected chi connectivity index (χ3v) is 3.68. The molecule has 2 aromatic rings. The lowest BCUT2D eigenvalue weighted by molar-refractivity contribution is 0.0963. The number of ketones is 1. The number of nitrogens with zero attached hydrogens (tertiary/aromatic N) is 1. The number of rotatable bonds is 2. The van der Waals surface area contributed by atoms with Gasteiger partial charge in [-0.3, -0.25) is 4.79 Å². The number of Topliss-reactive ketones (excluding diaryl/α,β-unsaturated/α-hetero) is 1. The van der Waals surface area contributed by atoms with E-state index in [-0.39, 0.29) is 0 Å². The Hall–Kier alpha value is -1.83. The van der Waals surface area contributed by atoms with Gasteiger partial charge in [-0.25, -0.2) is 0 Å². The lowest BCUT2D eigenvalue weighted by Crippen LogP contribution is -2.16. The van der Waals surface area contributed by atoms with Gasteiger partial charge < -0.3 is 4.57 Å². The van der Waals surface area contributed by atoms with E-state index in [4.69, 9.17) is 0 Å². The first-order valence-corrected chi connectivity index (χ1v) is 6.52. The SMILES string of the molecule is Cc1cc2c(n1Cc1ccccc1)C(=O)CCC2. The molecule has 2 nitrogen and oxygen atoms in total. The smallest absolute Gasteiger partial charge is 0.179 e. The van der Waals surface area contributed by atoms with Gasteiger partial charge in [-0.15, -0.1) is 0 Å². The highest BCUT2D eigenvalue weighted by Gasteiger charge is 2.23. The average molecular weight is 239 g/mol. The molecule has 0 fully saturated rings. The normalized spacial score (nSPS) is 14.6. The molecule has 0 saturated carbocycles. The van der Waals surface area contributed by atoms with Gasteiger partial charge in [0.05, 0.1) is 5.69 Å². The Kier molecular flexibility index (Phi) is 2.78. The molecule has 1 heterocycles. The number of hydrogen-bond donors (Lipinski definition) is 0. The predicted molar refractivity (Wildman–Crippen MR) is 72.0 cm³/mol. The second-order valence-corrected chi connectivity index (χ2v) is 5.01. The first-order valence-electron chi connectivity index (χ1n) is 6.52. The Morgan fingerprint density at radius 1 is 1.17 bits per heavy atom. The van der Waals surface area contributed by atoms with Gasteiger partial charge in [0.25, 0.3) is 0 Å². The Morgan fingerprint density at radius 2 is 1.94 bits per heavy atom. The van der Waals surface area contributed by atoms with Crippen LogP contribution in [0.1, 0.15) is 40.2 Å². The van der Waals surface area contributed by atoms with Crippen molar-refractivity contribution < 1.29 is 4.79 Å². The van der Waals surface area contributed by atoms with E-state index >= 15 is 0 Å². The summed E-state index contributed by atoms with van der Waals surface area (Å²) in [4.78, 5) is 12.1. The van der Waals surface area contributed by atoms with Crippen LogP contribution in [-0.2, 0) is 13.0 Å². The topological polar surface area (TPSA) is 22.0 Å². The van der Waals surface area contributed by atoms with Crippen LogP contribution < -0.4 is 0 Å². The van der Waals surface area contributed by atoms with Crippen LogP contribution >= 0.6 is 0 Å². The van der Waals surface area contributed by atoms with Crippen LogP contribution in [-0.4, -0.2) is 10.4 Å². The van der Waals surface area contributed by atoms with Crippen molar-refractivity contribution in [1.29, 1.82) is 0 Å². The van der Waals surface area contributed by atoms with E-state index in [2.05, 4.69) is 29.7 Å². The third kappa shape index (κ3) is 1.88. The monoisotopic (exact) mass is 239 g/mol. The van der Waals surface area contributed by atoms with Crippen LogP contribution in [0.4, 0.5) is 0 Å². The van der Waals surface area contributed by atoms with Gasteiger partial charge in [-0.1, -0.05) is 30.3 Å². The predicted octanol–water partition coefficient (Wildman–Crippen LogP) is 3.36. The molecule has 0 atom stereocenters. The zero-order chi connectivity index (χ0) is 12.5. The Labute approximate surface area is 107 Å². The largest absolute Gasteiger partial charge is 0.338 e. The number of aromatic nitrogens is 1. The Balaban J connectivity index is 2.02. The van der Waals surface area contributed by atoms with Crippen molar-refractivity contribution in [2.24, 2.45) is 0 Å². The van der Waals surface area contributed by atoms with Crippen molar-refractivity contribution in [1.82, 2.24) is 4.57 Å². The minimum atomic E-state index is 0.306. The van der Waals surface area contributed by atoms with Crippen molar-refractivity contribution in [3.05, 3.63) is 58.9 Å². The van der Waals surface area contributed by atoms with Crippen LogP contribution in [0.25, 0.3) is 0 Å². The van der Waals surface area contributed by atoms with E-state index in [1.165, 1.54) is 16.8 Å². The first kappa shape index (κ1) is 11.3. The number of benzene rings is 1. The molecule has 1 aliphatic carbocycles. The van der Waals surface area contributed by atoms with Crippen molar-refractivity contribution >= 4 is 5.78 Å². The third-order valence-electron chi connectivity index (χ3n) is 3.68. The van der Waals surface area contributed by atoms with E-state index in [0.717, 1.165) is 25.1 Å². The number of hydrogen-bond acceptors (Lipinski definition) is 1. The molecule has 0 radical (unpaired) electrons. The molecule has 92 valence electrons. The first-order chi connectivity index (χ1) is 8.75. The van der Waals surface area contributed by atoms with Gasteiger partial charge >= 0.3 is 0 Å². The van der Waals surface area contributed by atoms with Gasteiger partial charge in [-0.2, -0.15) is 0 Å². The van der Waals surface area contributed by atoms with Crippen LogP contribution in [0, 0.1) is 6.92 Å². The highest BCUT2D eigenvalue weighted by atomic mass is 16.1. The van der Waals surface area contributed by atoms with Gasteiger partial charge in [0, 0.05) is 18.7 Å². The summed E-state index contributed by atoms with van der Waals surface area (Å²) >= 11 is 0. The van der Waals surface area contributed by atoms with Crippen molar-refractivity contribution in [3.63, 3.8) is 0 Å². The summed E-state index contributed by atoms with van der Waals surface area (Å²) in [6, 6.07) is 12.5. The van der Waals surface area contributed by atoms with E-state index in [0.29, 0.717) is 12.2 Å². The summed E-state index contributed by atoms with van der Waals surface area (Å²) in [6.07, 6.45) is 2.75. The van der Waals surface area contributed by atoms with Crippen molar-refractivity contribution in [2.75, 3.05) is 0 Å². The summed E-state index contributed by atoms with van der Waals surface area (Å²) in [5.41, 5.74) is 4.62. The minimum absolute atomic E-state index is 0.306. The summed E-state index contributed by atoms with van der Waals surface area (Å²) in [5.74, 6) is 0.306. The molecule has 0 saturated heterocycles. The zero-order valence-electron chi connectivity index (χ0n) is 10.6. The lowest BCUT2D eigenvalue weighted by Gasteiger charge is -2.15. The molecule has 0 N–H and O–H groups in total. The number of carbonyl (C=O) groups is 1. The van der Waals surface area contributed by atoms with Crippen LogP contribution in [0.2, 0.25) is 0 Å². The van der Waals surface area contributed by atoms with E-state index in [9.17, 15) is 4.79 Å². The lowest BCUT2D eigenvalue weighted by atomic mass is 9.97.